The summed E-state index contributed by atoms with van der Waals surface area (Å²) in [7, 11) is 0. The fourth-order valence-corrected chi connectivity index (χ4v) is 4.90. The van der Waals surface area contributed by atoms with E-state index in [4.69, 9.17) is 9.40 Å². The summed E-state index contributed by atoms with van der Waals surface area (Å²) in [6.07, 6.45) is 1.54. The SMILES string of the molecule is CCN1C(=O)c2ccc(Nc3ncc(-c4nnc(C(C)(C)O)o4)c(N[C@H](CO)c4ccccc4)n3)cc2C1(C)C. The molecule has 0 spiro atoms. The summed E-state index contributed by atoms with van der Waals surface area (Å²) < 4.78 is 5.75. The molecule has 0 fully saturated rings. The van der Waals surface area contributed by atoms with Gasteiger partial charge in [0.05, 0.1) is 23.8 Å². The highest BCUT2D eigenvalue weighted by atomic mass is 16.4. The topological polar surface area (TPSA) is 150 Å². The van der Waals surface area contributed by atoms with Gasteiger partial charge in [-0.25, -0.2) is 4.98 Å². The molecule has 5 rings (SSSR count). The van der Waals surface area contributed by atoms with Crippen molar-refractivity contribution in [1.29, 1.82) is 0 Å². The lowest BCUT2D eigenvalue weighted by atomic mass is 9.93. The van der Waals surface area contributed by atoms with Gasteiger partial charge in [-0.2, -0.15) is 4.98 Å². The molecule has 0 saturated heterocycles. The van der Waals surface area contributed by atoms with Crippen LogP contribution in [0.5, 0.6) is 0 Å². The molecule has 11 heteroatoms. The smallest absolute Gasteiger partial charge is 0.254 e. The summed E-state index contributed by atoms with van der Waals surface area (Å²) in [5.41, 5.74) is 1.82. The zero-order valence-corrected chi connectivity index (χ0v) is 23.1. The van der Waals surface area contributed by atoms with Crippen molar-refractivity contribution in [2.24, 2.45) is 0 Å². The van der Waals surface area contributed by atoms with Gasteiger partial charge >= 0.3 is 0 Å². The average Bonchev–Trinajstić information content (AvgIpc) is 3.49. The molecule has 40 heavy (non-hydrogen) atoms. The van der Waals surface area contributed by atoms with E-state index in [0.717, 1.165) is 16.8 Å². The van der Waals surface area contributed by atoms with Crippen LogP contribution >= 0.6 is 0 Å². The third-order valence-electron chi connectivity index (χ3n) is 7.06. The van der Waals surface area contributed by atoms with Gasteiger partial charge < -0.3 is 30.2 Å². The Labute approximate surface area is 232 Å². The molecule has 4 N–H and O–H groups in total. The first-order chi connectivity index (χ1) is 19.0. The van der Waals surface area contributed by atoms with E-state index in [1.807, 2.05) is 74.2 Å². The quantitative estimate of drug-likeness (QED) is 0.240. The van der Waals surface area contributed by atoms with Gasteiger partial charge in [-0.05, 0) is 63.9 Å². The van der Waals surface area contributed by atoms with Gasteiger partial charge in [0.25, 0.3) is 11.8 Å². The van der Waals surface area contributed by atoms with Crippen molar-refractivity contribution in [2.75, 3.05) is 23.8 Å². The second-order valence-corrected chi connectivity index (χ2v) is 10.7. The minimum atomic E-state index is -1.32. The van der Waals surface area contributed by atoms with E-state index in [1.165, 1.54) is 0 Å². The third-order valence-corrected chi connectivity index (χ3v) is 7.06. The second-order valence-electron chi connectivity index (χ2n) is 10.7. The zero-order chi connectivity index (χ0) is 28.7. The molecule has 2 aromatic carbocycles. The third kappa shape index (κ3) is 5.01. The number of anilines is 3. The highest BCUT2D eigenvalue weighted by Gasteiger charge is 2.42. The maximum atomic E-state index is 12.9. The minimum Gasteiger partial charge on any atom is -0.417 e. The van der Waals surface area contributed by atoms with E-state index in [-0.39, 0.29) is 30.2 Å². The maximum Gasteiger partial charge on any atom is 0.254 e. The molecule has 4 aromatic rings. The Balaban J connectivity index is 1.51. The first-order valence-corrected chi connectivity index (χ1v) is 13.1. The summed E-state index contributed by atoms with van der Waals surface area (Å²) >= 11 is 0. The average molecular weight is 544 g/mol. The van der Waals surface area contributed by atoms with Crippen LogP contribution in [0.4, 0.5) is 17.5 Å². The van der Waals surface area contributed by atoms with Crippen molar-refractivity contribution in [1.82, 2.24) is 25.1 Å². The lowest BCUT2D eigenvalue weighted by Crippen LogP contribution is -2.38. The van der Waals surface area contributed by atoms with Gasteiger partial charge in [0.2, 0.25) is 11.8 Å². The Morgan fingerprint density at radius 3 is 2.50 bits per heavy atom. The summed E-state index contributed by atoms with van der Waals surface area (Å²) in [4.78, 5) is 23.9. The number of fused-ring (bicyclic) bond motifs is 1. The summed E-state index contributed by atoms with van der Waals surface area (Å²) in [6, 6.07) is 14.6. The predicted octanol–water partition coefficient (Wildman–Crippen LogP) is 4.35. The van der Waals surface area contributed by atoms with Crippen LogP contribution in [-0.2, 0) is 11.1 Å². The van der Waals surface area contributed by atoms with E-state index in [2.05, 4.69) is 25.8 Å². The molecule has 1 atom stereocenters. The number of hydrogen-bond acceptors (Lipinski definition) is 10. The number of carbonyl (C=O) groups is 1. The second kappa shape index (κ2) is 10.3. The van der Waals surface area contributed by atoms with Crippen molar-refractivity contribution >= 4 is 23.4 Å². The van der Waals surface area contributed by atoms with Crippen molar-refractivity contribution < 1.29 is 19.4 Å². The zero-order valence-electron chi connectivity index (χ0n) is 23.1. The lowest BCUT2D eigenvalue weighted by Gasteiger charge is -2.31. The van der Waals surface area contributed by atoms with Gasteiger partial charge in [0.1, 0.15) is 11.4 Å². The molecule has 0 saturated carbocycles. The normalized spacial score (nSPS) is 15.2. The van der Waals surface area contributed by atoms with E-state index >= 15 is 0 Å². The molecule has 2 aromatic heterocycles. The fraction of sp³-hybridized carbons (Fsp3) is 0.345. The maximum absolute atomic E-state index is 12.9. The van der Waals surface area contributed by atoms with E-state index in [0.29, 0.717) is 23.5 Å². The van der Waals surface area contributed by atoms with E-state index < -0.39 is 17.2 Å². The van der Waals surface area contributed by atoms with Crippen molar-refractivity contribution in [2.45, 2.75) is 51.8 Å². The van der Waals surface area contributed by atoms with Crippen molar-refractivity contribution in [3.63, 3.8) is 0 Å². The minimum absolute atomic E-state index is 0.0158. The Bertz CT molecular complexity index is 1530. The largest absolute Gasteiger partial charge is 0.417 e. The number of hydrogen-bond donors (Lipinski definition) is 4. The Morgan fingerprint density at radius 2 is 1.85 bits per heavy atom. The molecule has 208 valence electrons. The van der Waals surface area contributed by atoms with Crippen molar-refractivity contribution in [3.8, 4) is 11.5 Å². The standard InChI is InChI=1S/C29H33N7O4/c1-6-36-25(38)19-13-12-18(14-21(19)28(36,2)3)31-27-30-15-20(24-34-35-26(40-24)29(4,5)39)23(33-27)32-22(16-37)17-10-8-7-9-11-17/h7-15,22,37,39H,6,16H2,1-5H3,(H2,30,31,32,33)/t22-/m1/s1. The highest BCUT2D eigenvalue weighted by molar-refractivity contribution is 6.00. The fourth-order valence-electron chi connectivity index (χ4n) is 4.90. The van der Waals surface area contributed by atoms with Crippen LogP contribution in [0, 0.1) is 0 Å². The molecule has 1 amide bonds. The molecule has 11 nitrogen and oxygen atoms in total. The number of nitrogens with one attached hydrogen (secondary N) is 2. The molecular weight excluding hydrogens is 510 g/mol. The molecule has 0 unspecified atom stereocenters. The lowest BCUT2D eigenvalue weighted by molar-refractivity contribution is 0.0487. The van der Waals surface area contributed by atoms with Crippen LogP contribution < -0.4 is 10.6 Å². The molecule has 1 aliphatic rings. The van der Waals surface area contributed by atoms with Gasteiger partial charge in [-0.3, -0.25) is 4.79 Å². The van der Waals surface area contributed by atoms with Crippen LogP contribution in [-0.4, -0.2) is 54.3 Å². The molecule has 0 bridgehead atoms. The first-order valence-electron chi connectivity index (χ1n) is 13.1. The van der Waals surface area contributed by atoms with Crippen LogP contribution in [0.15, 0.2) is 59.1 Å². The predicted molar refractivity (Wildman–Crippen MR) is 150 cm³/mol. The van der Waals surface area contributed by atoms with Crippen LogP contribution in [0.25, 0.3) is 11.5 Å². The number of aliphatic hydroxyl groups is 2. The van der Waals surface area contributed by atoms with Gasteiger partial charge in [-0.15, -0.1) is 10.2 Å². The number of benzene rings is 2. The van der Waals surface area contributed by atoms with Gasteiger partial charge in [-0.1, -0.05) is 30.3 Å². The van der Waals surface area contributed by atoms with Gasteiger partial charge in [0.15, 0.2) is 0 Å². The first kappa shape index (κ1) is 27.2. The molecule has 0 radical (unpaired) electrons. The number of amides is 1. The van der Waals surface area contributed by atoms with E-state index in [9.17, 15) is 15.0 Å². The molecule has 0 aliphatic carbocycles. The number of nitrogens with zero attached hydrogens (tertiary/aromatic N) is 5. The monoisotopic (exact) mass is 543 g/mol. The van der Waals surface area contributed by atoms with Crippen molar-refractivity contribution in [3.05, 3.63) is 77.3 Å². The molecule has 3 heterocycles. The summed E-state index contributed by atoms with van der Waals surface area (Å²) in [5.74, 6) is 0.817. The van der Waals surface area contributed by atoms with Crippen LogP contribution in [0.2, 0.25) is 0 Å². The number of aromatic nitrogens is 4. The number of aliphatic hydroxyl groups excluding tert-OH is 1. The van der Waals surface area contributed by atoms with Crippen LogP contribution in [0.3, 0.4) is 0 Å². The number of carbonyl (C=O) groups excluding carboxylic acids is 1. The Hall–Kier alpha value is -4.35. The highest BCUT2D eigenvalue weighted by Crippen LogP contribution is 2.40. The summed E-state index contributed by atoms with van der Waals surface area (Å²) in [5, 5.41) is 35.1. The molecular formula is C29H33N7O4. The summed E-state index contributed by atoms with van der Waals surface area (Å²) in [6.45, 7) is 9.55. The number of rotatable bonds is 9. The Morgan fingerprint density at radius 1 is 1.10 bits per heavy atom. The van der Waals surface area contributed by atoms with Crippen LogP contribution in [0.1, 0.15) is 68.0 Å². The molecule has 1 aliphatic heterocycles. The van der Waals surface area contributed by atoms with Gasteiger partial charge in [0, 0.05) is 24.0 Å². The Kier molecular flexibility index (Phi) is 7.03. The van der Waals surface area contributed by atoms with E-state index in [1.54, 1.807) is 20.0 Å².